The van der Waals surface area contributed by atoms with E-state index in [1.807, 2.05) is 6.07 Å². The van der Waals surface area contributed by atoms with Crippen LogP contribution in [0.15, 0.2) is 18.2 Å². The van der Waals surface area contributed by atoms with Gasteiger partial charge in [0, 0.05) is 25.7 Å². The molecule has 3 nitrogen and oxygen atoms in total. The summed E-state index contributed by atoms with van der Waals surface area (Å²) in [5, 5.41) is 0. The van der Waals surface area contributed by atoms with Gasteiger partial charge in [0.05, 0.1) is 0 Å². The molecule has 2 rings (SSSR count). The molecule has 1 saturated heterocycles. The number of hydrogen-bond donors (Lipinski definition) is 0. The Labute approximate surface area is 95.9 Å². The Morgan fingerprint density at radius 3 is 2.94 bits per heavy atom. The second-order valence-corrected chi connectivity index (χ2v) is 4.31. The maximum absolute atomic E-state index is 13.0. The van der Waals surface area contributed by atoms with Crippen LogP contribution in [0, 0.1) is 5.95 Å². The number of pyridine rings is 1. The first-order chi connectivity index (χ1) is 7.70. The Morgan fingerprint density at radius 1 is 1.44 bits per heavy atom. The van der Waals surface area contributed by atoms with Crippen molar-refractivity contribution in [3.05, 3.63) is 24.1 Å². The maximum atomic E-state index is 13.0. The fraction of sp³-hybridized carbons (Fsp3) is 0.583. The second-order valence-electron chi connectivity index (χ2n) is 4.31. The molecular formula is C12H18FN3. The van der Waals surface area contributed by atoms with Gasteiger partial charge in [-0.05, 0) is 25.6 Å². The summed E-state index contributed by atoms with van der Waals surface area (Å²) in [4.78, 5) is 8.45. The number of hydrogen-bond acceptors (Lipinski definition) is 3. The maximum Gasteiger partial charge on any atom is 0.214 e. The summed E-state index contributed by atoms with van der Waals surface area (Å²) in [6.07, 6.45) is 1.11. The van der Waals surface area contributed by atoms with Crippen LogP contribution in [0.4, 0.5) is 10.2 Å². The zero-order valence-electron chi connectivity index (χ0n) is 9.86. The summed E-state index contributed by atoms with van der Waals surface area (Å²) in [5.74, 6) is 0.357. The van der Waals surface area contributed by atoms with E-state index >= 15 is 0 Å². The molecule has 1 aromatic heterocycles. The first kappa shape index (κ1) is 11.3. The minimum absolute atomic E-state index is 0.399. The van der Waals surface area contributed by atoms with E-state index in [1.54, 1.807) is 6.07 Å². The number of anilines is 1. The Balaban J connectivity index is 2.11. The molecule has 0 N–H and O–H groups in total. The number of aromatic nitrogens is 1. The molecule has 0 aromatic carbocycles. The number of halogens is 1. The third-order valence-corrected chi connectivity index (χ3v) is 3.27. The summed E-state index contributed by atoms with van der Waals surface area (Å²) in [5.41, 5.74) is 0. The van der Waals surface area contributed by atoms with E-state index < -0.39 is 5.95 Å². The fourth-order valence-corrected chi connectivity index (χ4v) is 2.17. The zero-order valence-corrected chi connectivity index (χ0v) is 9.86. The number of nitrogens with zero attached hydrogens (tertiary/aromatic N) is 3. The molecule has 1 unspecified atom stereocenters. The van der Waals surface area contributed by atoms with Gasteiger partial charge in [-0.1, -0.05) is 13.0 Å². The lowest BCUT2D eigenvalue weighted by Crippen LogP contribution is -2.51. The van der Waals surface area contributed by atoms with Crippen molar-refractivity contribution in [1.82, 2.24) is 9.88 Å². The molecule has 1 atom stereocenters. The van der Waals surface area contributed by atoms with Crippen LogP contribution in [-0.2, 0) is 0 Å². The molecule has 1 aromatic rings. The van der Waals surface area contributed by atoms with Crippen molar-refractivity contribution in [3.63, 3.8) is 0 Å². The van der Waals surface area contributed by atoms with Crippen LogP contribution in [0.5, 0.6) is 0 Å². The monoisotopic (exact) mass is 223 g/mol. The molecule has 2 heterocycles. The Bertz CT molecular complexity index is 356. The quantitative estimate of drug-likeness (QED) is 0.712. The summed E-state index contributed by atoms with van der Waals surface area (Å²) in [7, 11) is 2.14. The van der Waals surface area contributed by atoms with Gasteiger partial charge < -0.3 is 4.90 Å². The summed E-state index contributed by atoms with van der Waals surface area (Å²) < 4.78 is 13.0. The fourth-order valence-electron chi connectivity index (χ4n) is 2.17. The van der Waals surface area contributed by atoms with Crippen molar-refractivity contribution in [3.8, 4) is 0 Å². The lowest BCUT2D eigenvalue weighted by atomic mass is 10.1. The van der Waals surface area contributed by atoms with Crippen molar-refractivity contribution in [2.24, 2.45) is 0 Å². The van der Waals surface area contributed by atoms with E-state index in [9.17, 15) is 4.39 Å². The van der Waals surface area contributed by atoms with E-state index in [0.29, 0.717) is 6.04 Å². The molecule has 88 valence electrons. The van der Waals surface area contributed by atoms with Gasteiger partial charge in [-0.15, -0.1) is 0 Å². The molecule has 1 aliphatic rings. The van der Waals surface area contributed by atoms with Crippen LogP contribution in [-0.4, -0.2) is 42.6 Å². The highest BCUT2D eigenvalue weighted by molar-refractivity contribution is 5.38. The predicted octanol–water partition coefficient (Wildman–Crippen LogP) is 1.75. The summed E-state index contributed by atoms with van der Waals surface area (Å²) >= 11 is 0. The van der Waals surface area contributed by atoms with E-state index in [1.165, 1.54) is 6.07 Å². The van der Waals surface area contributed by atoms with Gasteiger partial charge in [0.15, 0.2) is 0 Å². The number of likely N-dealkylation sites (N-methyl/N-ethyl adjacent to an activating group) is 1. The minimum atomic E-state index is -0.399. The highest BCUT2D eigenvalue weighted by Crippen LogP contribution is 2.17. The van der Waals surface area contributed by atoms with Crippen molar-refractivity contribution in [1.29, 1.82) is 0 Å². The van der Waals surface area contributed by atoms with Crippen LogP contribution in [0.25, 0.3) is 0 Å². The predicted molar refractivity (Wildman–Crippen MR) is 63.1 cm³/mol. The van der Waals surface area contributed by atoms with E-state index in [0.717, 1.165) is 31.9 Å². The standard InChI is InChI=1S/C12H18FN3/c1-3-10-9-16(8-7-15(10)2)12-6-4-5-11(13)14-12/h4-6,10H,3,7-9H2,1-2H3. The largest absolute Gasteiger partial charge is 0.354 e. The van der Waals surface area contributed by atoms with Crippen LogP contribution in [0.1, 0.15) is 13.3 Å². The Morgan fingerprint density at radius 2 is 2.25 bits per heavy atom. The molecule has 0 amide bonds. The minimum Gasteiger partial charge on any atom is -0.354 e. The van der Waals surface area contributed by atoms with Crippen molar-refractivity contribution in [2.75, 3.05) is 31.6 Å². The van der Waals surface area contributed by atoms with E-state index in [-0.39, 0.29) is 0 Å². The molecule has 16 heavy (non-hydrogen) atoms. The molecule has 0 bridgehead atoms. The molecule has 4 heteroatoms. The lowest BCUT2D eigenvalue weighted by Gasteiger charge is -2.39. The van der Waals surface area contributed by atoms with Crippen LogP contribution < -0.4 is 4.90 Å². The first-order valence-electron chi connectivity index (χ1n) is 5.78. The molecule has 0 aliphatic carbocycles. The van der Waals surface area contributed by atoms with Gasteiger partial charge in [0.1, 0.15) is 5.82 Å². The molecular weight excluding hydrogens is 205 g/mol. The van der Waals surface area contributed by atoms with E-state index in [4.69, 9.17) is 0 Å². The molecule has 1 aliphatic heterocycles. The van der Waals surface area contributed by atoms with Crippen LogP contribution >= 0.6 is 0 Å². The lowest BCUT2D eigenvalue weighted by molar-refractivity contribution is 0.212. The van der Waals surface area contributed by atoms with Gasteiger partial charge in [0.2, 0.25) is 5.95 Å². The number of piperazine rings is 1. The van der Waals surface area contributed by atoms with Gasteiger partial charge in [-0.25, -0.2) is 4.98 Å². The SMILES string of the molecule is CCC1CN(c2cccc(F)n2)CCN1C. The van der Waals surface area contributed by atoms with Gasteiger partial charge in [-0.3, -0.25) is 4.90 Å². The smallest absolute Gasteiger partial charge is 0.214 e. The summed E-state index contributed by atoms with van der Waals surface area (Å²) in [6, 6.07) is 5.52. The zero-order chi connectivity index (χ0) is 11.5. The third-order valence-electron chi connectivity index (χ3n) is 3.27. The van der Waals surface area contributed by atoms with Crippen LogP contribution in [0.3, 0.4) is 0 Å². The average Bonchev–Trinajstić information content (AvgIpc) is 2.29. The highest BCUT2D eigenvalue weighted by Gasteiger charge is 2.23. The van der Waals surface area contributed by atoms with Gasteiger partial charge in [-0.2, -0.15) is 4.39 Å². The molecule has 0 saturated carbocycles. The van der Waals surface area contributed by atoms with Gasteiger partial charge >= 0.3 is 0 Å². The average molecular weight is 223 g/mol. The molecule has 1 fully saturated rings. The highest BCUT2D eigenvalue weighted by atomic mass is 19.1. The normalized spacial score (nSPS) is 22.4. The second kappa shape index (κ2) is 4.78. The molecule has 0 spiro atoms. The Hall–Kier alpha value is -1.16. The van der Waals surface area contributed by atoms with Crippen molar-refractivity contribution >= 4 is 5.82 Å². The first-order valence-corrected chi connectivity index (χ1v) is 5.78. The number of rotatable bonds is 2. The molecule has 0 radical (unpaired) electrons. The topological polar surface area (TPSA) is 19.4 Å². The van der Waals surface area contributed by atoms with Crippen molar-refractivity contribution in [2.45, 2.75) is 19.4 Å². The third kappa shape index (κ3) is 2.32. The van der Waals surface area contributed by atoms with Gasteiger partial charge in [0.25, 0.3) is 0 Å². The Kier molecular flexibility index (Phi) is 3.39. The van der Waals surface area contributed by atoms with Crippen LogP contribution in [0.2, 0.25) is 0 Å². The van der Waals surface area contributed by atoms with Crippen molar-refractivity contribution < 1.29 is 4.39 Å². The summed E-state index contributed by atoms with van der Waals surface area (Å²) in [6.45, 7) is 5.05. The van der Waals surface area contributed by atoms with E-state index in [2.05, 4.69) is 28.8 Å².